The predicted molar refractivity (Wildman–Crippen MR) is 302 cm³/mol. The van der Waals surface area contributed by atoms with Crippen molar-refractivity contribution in [2.75, 3.05) is 13.2 Å². The van der Waals surface area contributed by atoms with Crippen molar-refractivity contribution in [1.82, 2.24) is 0 Å². The maximum Gasteiger partial charge on any atom is 0.306 e. The lowest BCUT2D eigenvalue weighted by atomic mass is 10.1. The first kappa shape index (κ1) is 66.1. The van der Waals surface area contributed by atoms with Crippen LogP contribution in [0.5, 0.6) is 0 Å². The van der Waals surface area contributed by atoms with Gasteiger partial charge in [0.15, 0.2) is 6.10 Å². The number of ether oxygens (including phenoxy) is 3. The molecule has 0 radical (unpaired) electrons. The summed E-state index contributed by atoms with van der Waals surface area (Å²) in [5.41, 5.74) is 0. The molecule has 0 aliphatic carbocycles. The Morgan fingerprint density at radius 3 is 0.900 bits per heavy atom. The summed E-state index contributed by atoms with van der Waals surface area (Å²) in [5.74, 6) is -0.921. The number of hydrogen-bond acceptors (Lipinski definition) is 6. The van der Waals surface area contributed by atoms with Gasteiger partial charge in [0.1, 0.15) is 13.2 Å². The van der Waals surface area contributed by atoms with Crippen molar-refractivity contribution in [2.45, 2.75) is 264 Å². The summed E-state index contributed by atoms with van der Waals surface area (Å²) in [6.07, 6.45) is 78.2. The molecule has 398 valence electrons. The largest absolute Gasteiger partial charge is 0.462 e. The number of allylic oxidation sites excluding steroid dienone is 18. The van der Waals surface area contributed by atoms with Crippen molar-refractivity contribution < 1.29 is 28.6 Å². The minimum atomic E-state index is -0.787. The van der Waals surface area contributed by atoms with E-state index in [1.165, 1.54) is 89.9 Å². The molecule has 1 unspecified atom stereocenters. The Balaban J connectivity index is 4.22. The molecule has 0 rings (SSSR count). The van der Waals surface area contributed by atoms with E-state index in [0.29, 0.717) is 19.3 Å². The van der Waals surface area contributed by atoms with Crippen molar-refractivity contribution in [3.63, 3.8) is 0 Å². The van der Waals surface area contributed by atoms with Gasteiger partial charge in [-0.3, -0.25) is 14.4 Å². The number of carbonyl (C=O) groups is 3. The van der Waals surface area contributed by atoms with Crippen molar-refractivity contribution in [3.05, 3.63) is 109 Å². The maximum absolute atomic E-state index is 12.8. The van der Waals surface area contributed by atoms with E-state index >= 15 is 0 Å². The Morgan fingerprint density at radius 2 is 0.557 bits per heavy atom. The smallest absolute Gasteiger partial charge is 0.306 e. The molecule has 0 fully saturated rings. The van der Waals surface area contributed by atoms with Gasteiger partial charge in [-0.1, -0.05) is 239 Å². The number of hydrogen-bond donors (Lipinski definition) is 0. The van der Waals surface area contributed by atoms with Crippen LogP contribution < -0.4 is 0 Å². The first-order chi connectivity index (χ1) is 34.5. The number of rotatable bonds is 51. The van der Waals surface area contributed by atoms with Crippen molar-refractivity contribution in [3.8, 4) is 0 Å². The first-order valence-corrected chi connectivity index (χ1v) is 28.9. The molecule has 6 nitrogen and oxygen atoms in total. The minimum Gasteiger partial charge on any atom is -0.462 e. The lowest BCUT2D eigenvalue weighted by Crippen LogP contribution is -2.30. The summed E-state index contributed by atoms with van der Waals surface area (Å²) in [6.45, 7) is 6.42. The summed E-state index contributed by atoms with van der Waals surface area (Å²) < 4.78 is 16.7. The fraction of sp³-hybridized carbons (Fsp3) is 0.672. The van der Waals surface area contributed by atoms with Crippen molar-refractivity contribution in [1.29, 1.82) is 0 Å². The maximum atomic E-state index is 12.8. The standard InChI is InChI=1S/C64H106O6/c1-4-7-10-13-16-18-20-22-24-26-28-29-30-31-32-33-34-35-37-38-40-42-44-46-48-51-54-57-63(66)69-60-61(59-68-62(65)56-53-50-15-12-9-6-3)70-64(67)58-55-52-49-47-45-43-41-39-36-27-25-23-21-19-17-14-11-8-5-2/h7,10,16-19,22-25,28-29,31-32,34-35,38,40,61H,4-6,8-9,11-15,20-21,26-27,30,33,36-37,39,41-60H2,1-3H3/b10-7-,18-16-,19-17-,24-22-,25-23-,29-28-,32-31-,35-34-,40-38-. The molecule has 0 aliphatic heterocycles. The number of unbranched alkanes of at least 4 members (excludes halogenated alkanes) is 22. The number of carbonyl (C=O) groups excluding carboxylic acids is 3. The topological polar surface area (TPSA) is 78.9 Å². The monoisotopic (exact) mass is 971 g/mol. The third-order valence-corrected chi connectivity index (χ3v) is 12.0. The summed E-state index contributed by atoms with van der Waals surface area (Å²) in [4.78, 5) is 37.9. The third-order valence-electron chi connectivity index (χ3n) is 12.0. The zero-order valence-electron chi connectivity index (χ0n) is 45.5. The van der Waals surface area contributed by atoms with E-state index < -0.39 is 6.10 Å². The Labute approximate surface area is 431 Å². The van der Waals surface area contributed by atoms with E-state index in [4.69, 9.17) is 14.2 Å². The Morgan fingerprint density at radius 1 is 0.300 bits per heavy atom. The molecule has 0 amide bonds. The highest BCUT2D eigenvalue weighted by molar-refractivity contribution is 5.71. The molecule has 0 N–H and O–H groups in total. The van der Waals surface area contributed by atoms with Gasteiger partial charge in [-0.05, 0) is 109 Å². The quantitative estimate of drug-likeness (QED) is 0.0262. The van der Waals surface area contributed by atoms with Crippen LogP contribution in [0.1, 0.15) is 258 Å². The van der Waals surface area contributed by atoms with Crippen LogP contribution in [-0.4, -0.2) is 37.2 Å². The van der Waals surface area contributed by atoms with Gasteiger partial charge in [0, 0.05) is 19.3 Å². The lowest BCUT2D eigenvalue weighted by molar-refractivity contribution is -0.167. The minimum absolute atomic E-state index is 0.0870. The molecule has 0 aromatic carbocycles. The molecule has 1 atom stereocenters. The van der Waals surface area contributed by atoms with Crippen LogP contribution in [-0.2, 0) is 28.6 Å². The van der Waals surface area contributed by atoms with E-state index in [9.17, 15) is 14.4 Å². The normalized spacial score (nSPS) is 12.9. The van der Waals surface area contributed by atoms with E-state index in [1.54, 1.807) is 0 Å². The molecule has 70 heavy (non-hydrogen) atoms. The Hall–Kier alpha value is -3.93. The molecule has 0 bridgehead atoms. The molecule has 0 saturated heterocycles. The highest BCUT2D eigenvalue weighted by Crippen LogP contribution is 2.14. The third kappa shape index (κ3) is 55.0. The van der Waals surface area contributed by atoms with E-state index in [2.05, 4.69) is 130 Å². The second-order valence-corrected chi connectivity index (χ2v) is 18.8. The molecule has 0 aliphatic rings. The van der Waals surface area contributed by atoms with Crippen LogP contribution in [0.15, 0.2) is 109 Å². The molecular weight excluding hydrogens is 865 g/mol. The summed E-state index contributed by atoms with van der Waals surface area (Å²) >= 11 is 0. The Kier molecular flexibility index (Phi) is 54.4. The molecule has 0 aromatic heterocycles. The highest BCUT2D eigenvalue weighted by Gasteiger charge is 2.19. The molecule has 6 heteroatoms. The van der Waals surface area contributed by atoms with Gasteiger partial charge in [-0.2, -0.15) is 0 Å². The SMILES string of the molecule is CC/C=C\C/C=C\C/C=C\C/C=C\C/C=C\C/C=C\C/C=C\CCCCCCCC(=O)OCC(COC(=O)CCCCCCCC)OC(=O)CCCCCCCCCCC/C=C\C/C=C\CCCCC. The zero-order chi connectivity index (χ0) is 50.7. The second-order valence-electron chi connectivity index (χ2n) is 18.8. The summed E-state index contributed by atoms with van der Waals surface area (Å²) in [6, 6.07) is 0. The van der Waals surface area contributed by atoms with E-state index in [0.717, 1.165) is 128 Å². The van der Waals surface area contributed by atoms with Gasteiger partial charge in [-0.15, -0.1) is 0 Å². The number of esters is 3. The van der Waals surface area contributed by atoms with Gasteiger partial charge < -0.3 is 14.2 Å². The Bertz CT molecular complexity index is 1440. The van der Waals surface area contributed by atoms with Crippen LogP contribution in [0.25, 0.3) is 0 Å². The molecule has 0 saturated carbocycles. The van der Waals surface area contributed by atoms with Crippen molar-refractivity contribution in [2.24, 2.45) is 0 Å². The first-order valence-electron chi connectivity index (χ1n) is 28.9. The second kappa shape index (κ2) is 57.6. The van der Waals surface area contributed by atoms with Crippen LogP contribution in [0, 0.1) is 0 Å². The van der Waals surface area contributed by atoms with E-state index in [1.807, 2.05) is 0 Å². The molecule has 0 spiro atoms. The van der Waals surface area contributed by atoms with Gasteiger partial charge in [-0.25, -0.2) is 0 Å². The van der Waals surface area contributed by atoms with Crippen LogP contribution >= 0.6 is 0 Å². The van der Waals surface area contributed by atoms with Crippen LogP contribution in [0.4, 0.5) is 0 Å². The average molecular weight is 972 g/mol. The van der Waals surface area contributed by atoms with Gasteiger partial charge in [0.05, 0.1) is 0 Å². The molecular formula is C64H106O6. The summed E-state index contributed by atoms with van der Waals surface area (Å²) in [5, 5.41) is 0. The van der Waals surface area contributed by atoms with Crippen LogP contribution in [0.3, 0.4) is 0 Å². The fourth-order valence-electron chi connectivity index (χ4n) is 7.69. The van der Waals surface area contributed by atoms with Gasteiger partial charge in [0.25, 0.3) is 0 Å². The van der Waals surface area contributed by atoms with Crippen molar-refractivity contribution >= 4 is 17.9 Å². The lowest BCUT2D eigenvalue weighted by Gasteiger charge is -2.18. The van der Waals surface area contributed by atoms with Gasteiger partial charge >= 0.3 is 17.9 Å². The molecule has 0 aromatic rings. The zero-order valence-corrected chi connectivity index (χ0v) is 45.5. The summed E-state index contributed by atoms with van der Waals surface area (Å²) in [7, 11) is 0. The van der Waals surface area contributed by atoms with Crippen LogP contribution in [0.2, 0.25) is 0 Å². The van der Waals surface area contributed by atoms with E-state index in [-0.39, 0.29) is 31.1 Å². The average Bonchev–Trinajstić information content (AvgIpc) is 3.36. The predicted octanol–water partition coefficient (Wildman–Crippen LogP) is 19.5. The fourth-order valence-corrected chi connectivity index (χ4v) is 7.69. The highest BCUT2D eigenvalue weighted by atomic mass is 16.6. The molecule has 0 heterocycles. The van der Waals surface area contributed by atoms with Gasteiger partial charge in [0.2, 0.25) is 0 Å².